The van der Waals surface area contributed by atoms with Crippen molar-refractivity contribution in [2.45, 2.75) is 32.7 Å². The summed E-state index contributed by atoms with van der Waals surface area (Å²) in [6, 6.07) is 14.3. The van der Waals surface area contributed by atoms with Crippen LogP contribution in [0.3, 0.4) is 0 Å². The van der Waals surface area contributed by atoms with Crippen LogP contribution in [0.4, 0.5) is 10.5 Å². The molecular weight excluding hydrogens is 378 g/mol. The van der Waals surface area contributed by atoms with E-state index in [-0.39, 0.29) is 18.9 Å². The lowest BCUT2D eigenvalue weighted by Crippen LogP contribution is -2.49. The Morgan fingerprint density at radius 1 is 1.10 bits per heavy atom. The zero-order valence-corrected chi connectivity index (χ0v) is 17.1. The van der Waals surface area contributed by atoms with Crippen molar-refractivity contribution in [2.75, 3.05) is 11.9 Å². The molecule has 2 aromatic carbocycles. The summed E-state index contributed by atoms with van der Waals surface area (Å²) in [7, 11) is 0. The van der Waals surface area contributed by atoms with Gasteiger partial charge in [0.2, 0.25) is 5.91 Å². The van der Waals surface area contributed by atoms with Crippen LogP contribution in [0.2, 0.25) is 0 Å². The van der Waals surface area contributed by atoms with E-state index in [1.54, 1.807) is 0 Å². The summed E-state index contributed by atoms with van der Waals surface area (Å²) in [4.78, 5) is 28.6. The molecule has 154 valence electrons. The smallest absolute Gasteiger partial charge is 0.319 e. The Bertz CT molecular complexity index is 1080. The van der Waals surface area contributed by atoms with Crippen LogP contribution in [0, 0.1) is 25.2 Å². The maximum atomic E-state index is 12.7. The molecule has 0 bridgehead atoms. The number of urea groups is 1. The van der Waals surface area contributed by atoms with Gasteiger partial charge in [0.15, 0.2) is 0 Å². The van der Waals surface area contributed by atoms with E-state index >= 15 is 0 Å². The number of hydrogen-bond acceptors (Lipinski definition) is 3. The predicted molar refractivity (Wildman–Crippen MR) is 117 cm³/mol. The molecule has 0 fully saturated rings. The molecule has 0 saturated carbocycles. The van der Waals surface area contributed by atoms with Crippen molar-refractivity contribution in [3.63, 3.8) is 0 Å². The molecule has 1 atom stereocenters. The number of anilines is 1. The minimum Gasteiger partial charge on any atom is -0.361 e. The van der Waals surface area contributed by atoms with Crippen LogP contribution in [-0.2, 0) is 11.2 Å². The average molecular weight is 403 g/mol. The van der Waals surface area contributed by atoms with Gasteiger partial charge in [-0.15, -0.1) is 0 Å². The Morgan fingerprint density at radius 2 is 1.83 bits per heavy atom. The SMILES string of the molecule is Cc1cccc(C)c1NC(=O)NC(Cc1c[nH]c2ccccc12)C(=O)NCCC#N. The summed E-state index contributed by atoms with van der Waals surface area (Å²) in [5.41, 5.74) is 4.51. The van der Waals surface area contributed by atoms with Crippen molar-refractivity contribution < 1.29 is 9.59 Å². The van der Waals surface area contributed by atoms with Crippen molar-refractivity contribution in [3.8, 4) is 6.07 Å². The molecule has 0 spiro atoms. The summed E-state index contributed by atoms with van der Waals surface area (Å²) in [6.45, 7) is 4.07. The minimum absolute atomic E-state index is 0.208. The first-order valence-corrected chi connectivity index (χ1v) is 9.83. The molecule has 3 aromatic rings. The molecule has 1 aromatic heterocycles. The third kappa shape index (κ3) is 4.97. The first kappa shape index (κ1) is 20.9. The molecule has 7 nitrogen and oxygen atoms in total. The molecule has 1 unspecified atom stereocenters. The normalized spacial score (nSPS) is 11.5. The average Bonchev–Trinajstić information content (AvgIpc) is 3.13. The molecule has 30 heavy (non-hydrogen) atoms. The summed E-state index contributed by atoms with van der Waals surface area (Å²) >= 11 is 0. The van der Waals surface area contributed by atoms with Crippen LogP contribution < -0.4 is 16.0 Å². The van der Waals surface area contributed by atoms with Crippen LogP contribution in [0.5, 0.6) is 0 Å². The second-order valence-electron chi connectivity index (χ2n) is 7.18. The number of rotatable bonds is 7. The van der Waals surface area contributed by atoms with Gasteiger partial charge in [0, 0.05) is 35.8 Å². The molecule has 0 aliphatic rings. The topological polar surface area (TPSA) is 110 Å². The number of hydrogen-bond donors (Lipinski definition) is 4. The molecule has 3 amide bonds. The molecule has 0 aliphatic heterocycles. The van der Waals surface area contributed by atoms with Crippen molar-refractivity contribution in [1.82, 2.24) is 15.6 Å². The Balaban J connectivity index is 1.77. The lowest BCUT2D eigenvalue weighted by Gasteiger charge is -2.19. The zero-order valence-electron chi connectivity index (χ0n) is 17.1. The highest BCUT2D eigenvalue weighted by atomic mass is 16.2. The number of aromatic amines is 1. The van der Waals surface area contributed by atoms with Crippen molar-refractivity contribution in [2.24, 2.45) is 0 Å². The van der Waals surface area contributed by atoms with E-state index in [0.717, 1.165) is 33.3 Å². The first-order valence-electron chi connectivity index (χ1n) is 9.83. The number of para-hydroxylation sites is 2. The van der Waals surface area contributed by atoms with Crippen LogP contribution in [0.25, 0.3) is 10.9 Å². The minimum atomic E-state index is -0.785. The van der Waals surface area contributed by atoms with Gasteiger partial charge in [0.05, 0.1) is 12.5 Å². The van der Waals surface area contributed by atoms with Gasteiger partial charge < -0.3 is 20.9 Å². The number of aryl methyl sites for hydroxylation is 2. The third-order valence-corrected chi connectivity index (χ3v) is 4.98. The van der Waals surface area contributed by atoms with Gasteiger partial charge >= 0.3 is 6.03 Å². The Morgan fingerprint density at radius 3 is 2.57 bits per heavy atom. The van der Waals surface area contributed by atoms with E-state index in [9.17, 15) is 9.59 Å². The van der Waals surface area contributed by atoms with Gasteiger partial charge in [0.1, 0.15) is 6.04 Å². The summed E-state index contributed by atoms with van der Waals surface area (Å²) in [5, 5.41) is 18.1. The maximum Gasteiger partial charge on any atom is 0.319 e. The quantitative estimate of drug-likeness (QED) is 0.453. The highest BCUT2D eigenvalue weighted by molar-refractivity contribution is 5.95. The number of aromatic nitrogens is 1. The number of carbonyl (C=O) groups is 2. The predicted octanol–water partition coefficient (Wildman–Crippen LogP) is 3.55. The fraction of sp³-hybridized carbons (Fsp3) is 0.261. The standard InChI is InChI=1S/C23H25N5O2/c1-15-7-5-8-16(2)21(15)28-23(30)27-20(22(29)25-12-6-11-24)13-17-14-26-19-10-4-3-9-18(17)19/h3-5,7-10,14,20,26H,6,12-13H2,1-2H3,(H,25,29)(H2,27,28,30). The number of nitrogens with one attached hydrogen (secondary N) is 4. The Kier molecular flexibility index (Phi) is 6.71. The molecular formula is C23H25N5O2. The van der Waals surface area contributed by atoms with E-state index in [2.05, 4.69) is 20.9 Å². The number of nitriles is 1. The van der Waals surface area contributed by atoms with Gasteiger partial charge in [-0.1, -0.05) is 36.4 Å². The summed E-state index contributed by atoms with van der Waals surface area (Å²) in [5.74, 6) is -0.327. The van der Waals surface area contributed by atoms with Gasteiger partial charge in [0.25, 0.3) is 0 Å². The Hall–Kier alpha value is -3.79. The molecule has 1 heterocycles. The summed E-state index contributed by atoms with van der Waals surface area (Å²) < 4.78 is 0. The fourth-order valence-corrected chi connectivity index (χ4v) is 3.41. The van der Waals surface area contributed by atoms with E-state index in [1.165, 1.54) is 0 Å². The Labute approximate surface area is 175 Å². The fourth-order valence-electron chi connectivity index (χ4n) is 3.41. The van der Waals surface area contributed by atoms with Gasteiger partial charge in [-0.2, -0.15) is 5.26 Å². The number of nitrogens with zero attached hydrogens (tertiary/aromatic N) is 1. The second-order valence-corrected chi connectivity index (χ2v) is 7.18. The molecule has 4 N–H and O–H groups in total. The molecule has 0 saturated heterocycles. The monoisotopic (exact) mass is 403 g/mol. The molecule has 3 rings (SSSR count). The van der Waals surface area contributed by atoms with E-state index < -0.39 is 12.1 Å². The van der Waals surface area contributed by atoms with Crippen LogP contribution in [0.1, 0.15) is 23.1 Å². The number of amides is 3. The van der Waals surface area contributed by atoms with Crippen LogP contribution >= 0.6 is 0 Å². The van der Waals surface area contributed by atoms with Gasteiger partial charge in [-0.25, -0.2) is 4.79 Å². The largest absolute Gasteiger partial charge is 0.361 e. The number of benzene rings is 2. The third-order valence-electron chi connectivity index (χ3n) is 4.98. The van der Waals surface area contributed by atoms with Gasteiger partial charge in [-0.05, 0) is 36.6 Å². The molecule has 7 heteroatoms. The first-order chi connectivity index (χ1) is 14.5. The zero-order chi connectivity index (χ0) is 21.5. The van der Waals surface area contributed by atoms with E-state index in [0.29, 0.717) is 6.42 Å². The maximum absolute atomic E-state index is 12.7. The highest BCUT2D eigenvalue weighted by Gasteiger charge is 2.23. The molecule has 0 aliphatic carbocycles. The second kappa shape index (κ2) is 9.61. The number of H-pyrrole nitrogens is 1. The lowest BCUT2D eigenvalue weighted by atomic mass is 10.0. The van der Waals surface area contributed by atoms with Crippen LogP contribution in [0.15, 0.2) is 48.7 Å². The van der Waals surface area contributed by atoms with Crippen molar-refractivity contribution >= 4 is 28.5 Å². The number of carbonyl (C=O) groups excluding carboxylic acids is 2. The summed E-state index contributed by atoms with van der Waals surface area (Å²) in [6.07, 6.45) is 2.38. The van der Waals surface area contributed by atoms with Crippen molar-refractivity contribution in [3.05, 3.63) is 65.4 Å². The van der Waals surface area contributed by atoms with E-state index in [1.807, 2.05) is 68.6 Å². The lowest BCUT2D eigenvalue weighted by molar-refractivity contribution is -0.122. The molecule has 0 radical (unpaired) electrons. The van der Waals surface area contributed by atoms with E-state index in [4.69, 9.17) is 5.26 Å². The van der Waals surface area contributed by atoms with Crippen molar-refractivity contribution in [1.29, 1.82) is 5.26 Å². The van der Waals surface area contributed by atoms with Gasteiger partial charge in [-0.3, -0.25) is 4.79 Å². The highest BCUT2D eigenvalue weighted by Crippen LogP contribution is 2.21. The van der Waals surface area contributed by atoms with Crippen LogP contribution in [-0.4, -0.2) is 29.5 Å². The number of fused-ring (bicyclic) bond motifs is 1.